The van der Waals surface area contributed by atoms with Gasteiger partial charge in [0.2, 0.25) is 0 Å². The molecule has 2 amide bonds. The molecule has 0 unspecified atom stereocenters. The van der Waals surface area contributed by atoms with Crippen LogP contribution in [0.5, 0.6) is 0 Å². The third kappa shape index (κ3) is 4.91. The Kier molecular flexibility index (Phi) is 5.91. The molecule has 0 heterocycles. The zero-order valence-electron chi connectivity index (χ0n) is 11.2. The number of carbonyl (C=O) groups excluding carboxylic acids is 1. The monoisotopic (exact) mass is 257 g/mol. The van der Waals surface area contributed by atoms with Crippen LogP contribution in [0.15, 0.2) is 0 Å². The van der Waals surface area contributed by atoms with E-state index in [1.807, 2.05) is 0 Å². The van der Waals surface area contributed by atoms with Crippen molar-refractivity contribution in [3.8, 4) is 0 Å². The highest BCUT2D eigenvalue weighted by Crippen LogP contribution is 2.25. The first-order valence-corrected chi connectivity index (χ1v) is 6.57. The number of hydrogen-bond donors (Lipinski definition) is 2. The molecule has 0 saturated heterocycles. The van der Waals surface area contributed by atoms with Crippen molar-refractivity contribution in [2.45, 2.75) is 32.7 Å². The highest BCUT2D eigenvalue weighted by molar-refractivity contribution is 5.79. The van der Waals surface area contributed by atoms with Gasteiger partial charge in [-0.25, -0.2) is 4.79 Å². The highest BCUT2D eigenvalue weighted by atomic mass is 16.4. The minimum atomic E-state index is -0.986. The van der Waals surface area contributed by atoms with E-state index in [2.05, 4.69) is 17.1 Å². The molecule has 1 rings (SSSR count). The van der Waals surface area contributed by atoms with E-state index in [-0.39, 0.29) is 12.6 Å². The molecule has 1 saturated carbocycles. The Bertz CT molecular complexity index is 292. The second-order valence-electron chi connectivity index (χ2n) is 4.50. The lowest BCUT2D eigenvalue weighted by Gasteiger charge is -2.22. The maximum Gasteiger partial charge on any atom is 0.323 e. The van der Waals surface area contributed by atoms with Crippen molar-refractivity contribution in [3.63, 3.8) is 0 Å². The molecular formula is C12H23N3O3. The molecule has 0 radical (unpaired) electrons. The summed E-state index contributed by atoms with van der Waals surface area (Å²) in [6.45, 7) is 6.43. The van der Waals surface area contributed by atoms with Crippen LogP contribution in [0.3, 0.4) is 0 Å². The first kappa shape index (κ1) is 14.8. The molecule has 1 aliphatic carbocycles. The quantitative estimate of drug-likeness (QED) is 0.667. The third-order valence-corrected chi connectivity index (χ3v) is 3.14. The van der Waals surface area contributed by atoms with Gasteiger partial charge in [-0.1, -0.05) is 6.92 Å². The van der Waals surface area contributed by atoms with Crippen LogP contribution in [0.4, 0.5) is 4.79 Å². The summed E-state index contributed by atoms with van der Waals surface area (Å²) in [5, 5.41) is 11.4. The van der Waals surface area contributed by atoms with Crippen molar-refractivity contribution in [1.29, 1.82) is 0 Å². The number of carboxylic acid groups (broad SMARTS) is 1. The summed E-state index contributed by atoms with van der Waals surface area (Å²) in [6, 6.07) is 0.389. The highest BCUT2D eigenvalue weighted by Gasteiger charge is 2.27. The van der Waals surface area contributed by atoms with Gasteiger partial charge < -0.3 is 15.3 Å². The first-order chi connectivity index (χ1) is 8.58. The third-order valence-electron chi connectivity index (χ3n) is 3.14. The fraction of sp³-hybridized carbons (Fsp3) is 0.833. The zero-order valence-corrected chi connectivity index (χ0v) is 11.2. The fourth-order valence-corrected chi connectivity index (χ4v) is 1.95. The molecule has 6 heteroatoms. The van der Waals surface area contributed by atoms with Crippen molar-refractivity contribution in [2.75, 3.05) is 32.7 Å². The Balaban J connectivity index is 2.23. The summed E-state index contributed by atoms with van der Waals surface area (Å²) >= 11 is 0. The number of nitrogens with one attached hydrogen (secondary N) is 1. The lowest BCUT2D eigenvalue weighted by Crippen LogP contribution is -2.45. The summed E-state index contributed by atoms with van der Waals surface area (Å²) in [5.41, 5.74) is 0. The molecular weight excluding hydrogens is 234 g/mol. The maximum absolute atomic E-state index is 11.7. The average molecular weight is 257 g/mol. The zero-order chi connectivity index (χ0) is 13.5. The Morgan fingerprint density at radius 1 is 1.28 bits per heavy atom. The SMILES string of the molecule is CCN(CC(=O)O)C(=O)NCCN(CC)C1CC1. The van der Waals surface area contributed by atoms with Gasteiger partial charge in [-0.2, -0.15) is 0 Å². The van der Waals surface area contributed by atoms with Gasteiger partial charge in [-0.3, -0.25) is 9.69 Å². The Labute approximate surface area is 108 Å². The van der Waals surface area contributed by atoms with Crippen LogP contribution in [-0.4, -0.2) is 65.7 Å². The van der Waals surface area contributed by atoms with E-state index in [0.29, 0.717) is 19.1 Å². The first-order valence-electron chi connectivity index (χ1n) is 6.57. The number of nitrogens with zero attached hydrogens (tertiary/aromatic N) is 2. The van der Waals surface area contributed by atoms with Gasteiger partial charge >= 0.3 is 12.0 Å². The van der Waals surface area contributed by atoms with Gasteiger partial charge in [0.15, 0.2) is 0 Å². The number of carbonyl (C=O) groups is 2. The predicted octanol–water partition coefficient (Wildman–Crippen LogP) is 0.587. The van der Waals surface area contributed by atoms with Gasteiger partial charge in [-0.15, -0.1) is 0 Å². The summed E-state index contributed by atoms with van der Waals surface area (Å²) in [4.78, 5) is 25.9. The summed E-state index contributed by atoms with van der Waals surface area (Å²) in [7, 11) is 0. The Hall–Kier alpha value is -1.30. The average Bonchev–Trinajstić information content (AvgIpc) is 3.15. The van der Waals surface area contributed by atoms with Gasteiger partial charge in [0.05, 0.1) is 0 Å². The predicted molar refractivity (Wildman–Crippen MR) is 68.6 cm³/mol. The minimum absolute atomic E-state index is 0.248. The fourth-order valence-electron chi connectivity index (χ4n) is 1.95. The van der Waals surface area contributed by atoms with Crippen molar-refractivity contribution >= 4 is 12.0 Å². The van der Waals surface area contributed by atoms with Crippen molar-refractivity contribution < 1.29 is 14.7 Å². The normalized spacial score (nSPS) is 14.6. The Morgan fingerprint density at radius 2 is 1.94 bits per heavy atom. The number of rotatable bonds is 8. The minimum Gasteiger partial charge on any atom is -0.480 e. The molecule has 104 valence electrons. The molecule has 18 heavy (non-hydrogen) atoms. The molecule has 6 nitrogen and oxygen atoms in total. The van der Waals surface area contributed by atoms with Crippen molar-refractivity contribution in [1.82, 2.24) is 15.1 Å². The number of aliphatic carboxylic acids is 1. The molecule has 0 aromatic carbocycles. The van der Waals surface area contributed by atoms with Crippen LogP contribution in [0.2, 0.25) is 0 Å². The van der Waals surface area contributed by atoms with Crippen LogP contribution in [0.1, 0.15) is 26.7 Å². The lowest BCUT2D eigenvalue weighted by atomic mass is 10.4. The van der Waals surface area contributed by atoms with Gasteiger partial charge in [0.1, 0.15) is 6.54 Å². The molecule has 0 spiro atoms. The summed E-state index contributed by atoms with van der Waals surface area (Å²) < 4.78 is 0. The summed E-state index contributed by atoms with van der Waals surface area (Å²) in [5.74, 6) is -0.986. The van der Waals surface area contributed by atoms with Crippen LogP contribution in [0, 0.1) is 0 Å². The molecule has 2 N–H and O–H groups in total. The van der Waals surface area contributed by atoms with E-state index in [1.54, 1.807) is 6.92 Å². The smallest absolute Gasteiger partial charge is 0.323 e. The van der Waals surface area contributed by atoms with Crippen molar-refractivity contribution in [2.24, 2.45) is 0 Å². The number of likely N-dealkylation sites (N-methyl/N-ethyl adjacent to an activating group) is 2. The molecule has 1 fully saturated rings. The van der Waals surface area contributed by atoms with Crippen LogP contribution < -0.4 is 5.32 Å². The topological polar surface area (TPSA) is 72.9 Å². The van der Waals surface area contributed by atoms with Gasteiger partial charge in [0.25, 0.3) is 0 Å². The van der Waals surface area contributed by atoms with E-state index in [0.717, 1.165) is 13.1 Å². The van der Waals surface area contributed by atoms with E-state index in [1.165, 1.54) is 17.7 Å². The van der Waals surface area contributed by atoms with E-state index >= 15 is 0 Å². The Morgan fingerprint density at radius 3 is 2.39 bits per heavy atom. The second-order valence-corrected chi connectivity index (χ2v) is 4.50. The molecule has 0 aromatic heterocycles. The summed E-state index contributed by atoms with van der Waals surface area (Å²) in [6.07, 6.45) is 2.50. The van der Waals surface area contributed by atoms with Crippen LogP contribution >= 0.6 is 0 Å². The number of hydrogen-bond acceptors (Lipinski definition) is 3. The van der Waals surface area contributed by atoms with E-state index in [4.69, 9.17) is 5.11 Å². The van der Waals surface area contributed by atoms with Gasteiger partial charge in [0, 0.05) is 25.7 Å². The van der Waals surface area contributed by atoms with E-state index < -0.39 is 5.97 Å². The van der Waals surface area contributed by atoms with Crippen molar-refractivity contribution in [3.05, 3.63) is 0 Å². The molecule has 0 aliphatic heterocycles. The number of carboxylic acids is 1. The molecule has 0 aromatic rings. The number of amides is 2. The molecule has 1 aliphatic rings. The second kappa shape index (κ2) is 7.20. The maximum atomic E-state index is 11.7. The van der Waals surface area contributed by atoms with Crippen LogP contribution in [0.25, 0.3) is 0 Å². The standard InChI is InChI=1S/C12H23N3O3/c1-3-14(10-5-6-10)8-7-13-12(18)15(4-2)9-11(16)17/h10H,3-9H2,1-2H3,(H,13,18)(H,16,17). The largest absolute Gasteiger partial charge is 0.480 e. The lowest BCUT2D eigenvalue weighted by molar-refractivity contribution is -0.137. The molecule has 0 atom stereocenters. The molecule has 0 bridgehead atoms. The van der Waals surface area contributed by atoms with E-state index in [9.17, 15) is 9.59 Å². The number of urea groups is 1. The van der Waals surface area contributed by atoms with Gasteiger partial charge in [-0.05, 0) is 26.3 Å². The van der Waals surface area contributed by atoms with Crippen LogP contribution in [-0.2, 0) is 4.79 Å².